The fourth-order valence-corrected chi connectivity index (χ4v) is 3.42. The molecule has 0 bridgehead atoms. The average Bonchev–Trinajstić information content (AvgIpc) is 2.78. The maximum Gasteiger partial charge on any atom is 0.162 e. The van der Waals surface area contributed by atoms with Gasteiger partial charge in [0.25, 0.3) is 0 Å². The van der Waals surface area contributed by atoms with Gasteiger partial charge in [0, 0.05) is 17.9 Å². The van der Waals surface area contributed by atoms with Crippen molar-refractivity contribution in [3.8, 4) is 28.4 Å². The molecule has 0 aliphatic rings. The zero-order chi connectivity index (χ0) is 20.2. The Bertz CT molecular complexity index is 1140. The minimum atomic E-state index is 0.658. The molecule has 0 aliphatic heterocycles. The van der Waals surface area contributed by atoms with E-state index < -0.39 is 0 Å². The molecule has 29 heavy (non-hydrogen) atoms. The lowest BCUT2D eigenvalue weighted by Crippen LogP contribution is -1.98. The van der Waals surface area contributed by atoms with Gasteiger partial charge in [-0.05, 0) is 34.9 Å². The van der Waals surface area contributed by atoms with E-state index in [1.54, 1.807) is 27.7 Å². The molecule has 4 aromatic rings. The van der Waals surface area contributed by atoms with E-state index in [0.29, 0.717) is 17.9 Å². The molecule has 0 saturated heterocycles. The highest BCUT2D eigenvalue weighted by atomic mass is 16.5. The molecule has 5 nitrogen and oxygen atoms in total. The number of rotatable bonds is 6. The van der Waals surface area contributed by atoms with Crippen molar-refractivity contribution in [1.82, 2.24) is 9.97 Å². The number of ether oxygens (including phenoxy) is 3. The largest absolute Gasteiger partial charge is 0.497 e. The summed E-state index contributed by atoms with van der Waals surface area (Å²) in [5.41, 5.74) is 5.25. The average molecular weight is 386 g/mol. The topological polar surface area (TPSA) is 53.5 Å². The Labute approximate surface area is 169 Å². The second-order valence-electron chi connectivity index (χ2n) is 6.65. The molecule has 3 aromatic carbocycles. The van der Waals surface area contributed by atoms with Crippen LogP contribution in [0.3, 0.4) is 0 Å². The molecule has 0 radical (unpaired) electrons. The normalized spacial score (nSPS) is 10.7. The third-order valence-corrected chi connectivity index (χ3v) is 4.95. The molecule has 0 atom stereocenters. The number of hydrogen-bond donors (Lipinski definition) is 0. The monoisotopic (exact) mass is 386 g/mol. The van der Waals surface area contributed by atoms with E-state index >= 15 is 0 Å². The van der Waals surface area contributed by atoms with E-state index in [-0.39, 0.29) is 0 Å². The van der Waals surface area contributed by atoms with Crippen LogP contribution in [0.1, 0.15) is 11.3 Å². The molecular weight excluding hydrogens is 364 g/mol. The summed E-state index contributed by atoms with van der Waals surface area (Å²) in [4.78, 5) is 8.92. The summed E-state index contributed by atoms with van der Waals surface area (Å²) in [5.74, 6) is 2.18. The van der Waals surface area contributed by atoms with Gasteiger partial charge in [0.15, 0.2) is 11.5 Å². The Hall–Kier alpha value is -3.60. The van der Waals surface area contributed by atoms with Gasteiger partial charge in [0.1, 0.15) is 12.1 Å². The first kappa shape index (κ1) is 18.7. The van der Waals surface area contributed by atoms with Crippen molar-refractivity contribution < 1.29 is 14.2 Å². The third kappa shape index (κ3) is 3.85. The summed E-state index contributed by atoms with van der Waals surface area (Å²) in [6, 6.07) is 20.4. The van der Waals surface area contributed by atoms with Crippen molar-refractivity contribution in [2.75, 3.05) is 21.3 Å². The highest BCUT2D eigenvalue weighted by Gasteiger charge is 2.11. The zero-order valence-corrected chi connectivity index (χ0v) is 16.7. The van der Waals surface area contributed by atoms with Crippen LogP contribution in [0.15, 0.2) is 67.0 Å². The van der Waals surface area contributed by atoms with E-state index in [0.717, 1.165) is 33.5 Å². The SMILES string of the molecule is COc1ccc(-c2cccc(Cc3ncnc4cc(OC)c(OC)cc34)c2)cc1. The van der Waals surface area contributed by atoms with Gasteiger partial charge in [-0.1, -0.05) is 36.4 Å². The van der Waals surface area contributed by atoms with Crippen LogP contribution < -0.4 is 14.2 Å². The fraction of sp³-hybridized carbons (Fsp3) is 0.167. The van der Waals surface area contributed by atoms with Crippen LogP contribution in [0.25, 0.3) is 22.0 Å². The Balaban J connectivity index is 1.69. The van der Waals surface area contributed by atoms with E-state index in [1.807, 2.05) is 24.3 Å². The maximum atomic E-state index is 5.45. The molecule has 0 fully saturated rings. The number of fused-ring (bicyclic) bond motifs is 1. The van der Waals surface area contributed by atoms with Crippen LogP contribution in [-0.4, -0.2) is 31.3 Å². The van der Waals surface area contributed by atoms with Crippen molar-refractivity contribution in [1.29, 1.82) is 0 Å². The Morgan fingerprint density at radius 2 is 1.48 bits per heavy atom. The summed E-state index contributed by atoms with van der Waals surface area (Å²) in [6.07, 6.45) is 2.29. The summed E-state index contributed by atoms with van der Waals surface area (Å²) >= 11 is 0. The molecule has 0 unspecified atom stereocenters. The molecule has 0 spiro atoms. The van der Waals surface area contributed by atoms with E-state index in [2.05, 4.69) is 46.4 Å². The van der Waals surface area contributed by atoms with Gasteiger partial charge in [-0.15, -0.1) is 0 Å². The molecule has 5 heteroatoms. The zero-order valence-electron chi connectivity index (χ0n) is 16.7. The van der Waals surface area contributed by atoms with Crippen molar-refractivity contribution in [3.63, 3.8) is 0 Å². The van der Waals surface area contributed by atoms with E-state index in [9.17, 15) is 0 Å². The quantitative estimate of drug-likeness (QED) is 0.471. The van der Waals surface area contributed by atoms with Gasteiger partial charge < -0.3 is 14.2 Å². The Morgan fingerprint density at radius 1 is 0.724 bits per heavy atom. The predicted molar refractivity (Wildman–Crippen MR) is 114 cm³/mol. The lowest BCUT2D eigenvalue weighted by Gasteiger charge is -2.11. The minimum absolute atomic E-state index is 0.658. The molecule has 146 valence electrons. The minimum Gasteiger partial charge on any atom is -0.497 e. The summed E-state index contributed by atoms with van der Waals surface area (Å²) in [5, 5.41) is 0.958. The molecule has 1 heterocycles. The summed E-state index contributed by atoms with van der Waals surface area (Å²) < 4.78 is 16.1. The van der Waals surface area contributed by atoms with Crippen LogP contribution in [-0.2, 0) is 6.42 Å². The van der Waals surface area contributed by atoms with Crippen LogP contribution in [0, 0.1) is 0 Å². The van der Waals surface area contributed by atoms with Gasteiger partial charge >= 0.3 is 0 Å². The Kier molecular flexibility index (Phi) is 5.29. The van der Waals surface area contributed by atoms with Gasteiger partial charge in [-0.2, -0.15) is 0 Å². The maximum absolute atomic E-state index is 5.45. The first-order valence-corrected chi connectivity index (χ1v) is 9.31. The van der Waals surface area contributed by atoms with Crippen LogP contribution in [0.4, 0.5) is 0 Å². The second kappa shape index (κ2) is 8.19. The third-order valence-electron chi connectivity index (χ3n) is 4.95. The first-order valence-electron chi connectivity index (χ1n) is 9.31. The smallest absolute Gasteiger partial charge is 0.162 e. The highest BCUT2D eigenvalue weighted by molar-refractivity contribution is 5.85. The summed E-state index contributed by atoms with van der Waals surface area (Å²) in [7, 11) is 4.92. The van der Waals surface area contributed by atoms with Crippen molar-refractivity contribution in [2.45, 2.75) is 6.42 Å². The van der Waals surface area contributed by atoms with Gasteiger partial charge in [-0.25, -0.2) is 9.97 Å². The number of benzene rings is 3. The lowest BCUT2D eigenvalue weighted by atomic mass is 9.99. The van der Waals surface area contributed by atoms with Gasteiger partial charge in [-0.3, -0.25) is 0 Å². The first-order chi connectivity index (χ1) is 14.2. The van der Waals surface area contributed by atoms with Gasteiger partial charge in [0.05, 0.1) is 32.5 Å². The van der Waals surface area contributed by atoms with Crippen molar-refractivity contribution in [3.05, 3.63) is 78.2 Å². The Morgan fingerprint density at radius 3 is 2.21 bits per heavy atom. The summed E-state index contributed by atoms with van der Waals surface area (Å²) in [6.45, 7) is 0. The lowest BCUT2D eigenvalue weighted by molar-refractivity contribution is 0.355. The highest BCUT2D eigenvalue weighted by Crippen LogP contribution is 2.33. The standard InChI is InChI=1S/C24H22N2O3/c1-27-19-9-7-17(8-10-19)18-6-4-5-16(11-18)12-21-20-13-23(28-2)24(29-3)14-22(20)26-15-25-21/h4-11,13-15H,12H2,1-3H3. The molecule has 1 aromatic heterocycles. The van der Waals surface area contributed by atoms with E-state index in [1.165, 1.54) is 5.56 Å². The second-order valence-corrected chi connectivity index (χ2v) is 6.65. The fourth-order valence-electron chi connectivity index (χ4n) is 3.42. The van der Waals surface area contributed by atoms with Crippen molar-refractivity contribution in [2.24, 2.45) is 0 Å². The van der Waals surface area contributed by atoms with Crippen LogP contribution >= 0.6 is 0 Å². The molecule has 0 saturated carbocycles. The molecular formula is C24H22N2O3. The number of nitrogens with zero attached hydrogens (tertiary/aromatic N) is 2. The number of methoxy groups -OCH3 is 3. The molecule has 4 rings (SSSR count). The van der Waals surface area contributed by atoms with E-state index in [4.69, 9.17) is 14.2 Å². The molecule has 0 amide bonds. The van der Waals surface area contributed by atoms with Crippen molar-refractivity contribution >= 4 is 10.9 Å². The number of aromatic nitrogens is 2. The van der Waals surface area contributed by atoms with Gasteiger partial charge in [0.2, 0.25) is 0 Å². The molecule has 0 aliphatic carbocycles. The molecule has 0 N–H and O–H groups in total. The van der Waals surface area contributed by atoms with Crippen LogP contribution in [0.5, 0.6) is 17.2 Å². The number of hydrogen-bond acceptors (Lipinski definition) is 5. The van der Waals surface area contributed by atoms with Crippen LogP contribution in [0.2, 0.25) is 0 Å². The predicted octanol–water partition coefficient (Wildman–Crippen LogP) is 4.91.